The van der Waals surface area contributed by atoms with Gasteiger partial charge in [0, 0.05) is 38.6 Å². The number of amides is 1. The van der Waals surface area contributed by atoms with Gasteiger partial charge in [0.1, 0.15) is 0 Å². The van der Waals surface area contributed by atoms with Crippen molar-refractivity contribution >= 4 is 5.91 Å². The first-order chi connectivity index (χ1) is 7.58. The Labute approximate surface area is 98.6 Å². The number of hydrogen-bond donors (Lipinski definition) is 2. The van der Waals surface area contributed by atoms with Crippen molar-refractivity contribution in [3.63, 3.8) is 0 Å². The van der Waals surface area contributed by atoms with Crippen LogP contribution in [0.25, 0.3) is 0 Å². The number of carbonyl (C=O) groups is 1. The number of rotatable bonds is 7. The predicted octanol–water partition coefficient (Wildman–Crippen LogP) is 0.570. The van der Waals surface area contributed by atoms with E-state index < -0.39 is 0 Å². The van der Waals surface area contributed by atoms with E-state index in [-0.39, 0.29) is 11.9 Å². The monoisotopic (exact) mass is 227 g/mol. The normalized spacial score (nSPS) is 17.9. The van der Waals surface area contributed by atoms with Crippen LogP contribution in [-0.4, -0.2) is 43.0 Å². The van der Waals surface area contributed by atoms with Gasteiger partial charge in [0.15, 0.2) is 0 Å². The fraction of sp³-hybridized carbons (Fsp3) is 0.917. The number of nitrogens with zero attached hydrogens (tertiary/aromatic N) is 1. The molecule has 1 fully saturated rings. The van der Waals surface area contributed by atoms with E-state index in [1.165, 1.54) is 12.8 Å². The van der Waals surface area contributed by atoms with Gasteiger partial charge >= 0.3 is 0 Å². The molecule has 3 N–H and O–H groups in total. The molecule has 1 aliphatic carbocycles. The topological polar surface area (TPSA) is 58.4 Å². The van der Waals surface area contributed by atoms with Crippen LogP contribution in [0, 0.1) is 5.92 Å². The molecule has 0 saturated heterocycles. The summed E-state index contributed by atoms with van der Waals surface area (Å²) in [6, 6.07) is 0.871. The Morgan fingerprint density at radius 2 is 2.12 bits per heavy atom. The maximum absolute atomic E-state index is 11.4. The lowest BCUT2D eigenvalue weighted by Gasteiger charge is -2.32. The highest BCUT2D eigenvalue weighted by atomic mass is 16.1. The summed E-state index contributed by atoms with van der Waals surface area (Å²) >= 11 is 0. The van der Waals surface area contributed by atoms with E-state index in [9.17, 15) is 4.79 Å². The van der Waals surface area contributed by atoms with Gasteiger partial charge in [0.2, 0.25) is 5.91 Å². The highest BCUT2D eigenvalue weighted by Gasteiger charge is 2.34. The van der Waals surface area contributed by atoms with Crippen molar-refractivity contribution in [3.05, 3.63) is 0 Å². The van der Waals surface area contributed by atoms with E-state index in [1.54, 1.807) is 7.05 Å². The highest BCUT2D eigenvalue weighted by Crippen LogP contribution is 2.30. The zero-order valence-electron chi connectivity index (χ0n) is 10.7. The van der Waals surface area contributed by atoms with E-state index >= 15 is 0 Å². The Bertz CT molecular complexity index is 226. The fourth-order valence-electron chi connectivity index (χ4n) is 2.08. The molecule has 0 aromatic carbocycles. The number of nitrogens with one attached hydrogen (secondary N) is 1. The molecule has 0 heterocycles. The minimum absolute atomic E-state index is 0.0878. The van der Waals surface area contributed by atoms with Gasteiger partial charge in [-0.2, -0.15) is 0 Å². The van der Waals surface area contributed by atoms with Crippen molar-refractivity contribution in [2.24, 2.45) is 11.7 Å². The molecule has 1 atom stereocenters. The van der Waals surface area contributed by atoms with Gasteiger partial charge in [-0.3, -0.25) is 9.69 Å². The van der Waals surface area contributed by atoms with E-state index in [2.05, 4.69) is 24.1 Å². The van der Waals surface area contributed by atoms with Crippen LogP contribution < -0.4 is 11.1 Å². The van der Waals surface area contributed by atoms with Crippen molar-refractivity contribution < 1.29 is 4.79 Å². The molecule has 1 aliphatic rings. The van der Waals surface area contributed by atoms with Crippen molar-refractivity contribution in [2.75, 3.05) is 20.1 Å². The van der Waals surface area contributed by atoms with E-state index in [0.29, 0.717) is 24.9 Å². The standard InChI is InChI=1S/C12H25N3O/c1-9(2)8-15(10-4-5-10)11(7-13)6-12(16)14-3/h9-11H,4-8,13H2,1-3H3,(H,14,16). The molecule has 0 aromatic rings. The zero-order valence-corrected chi connectivity index (χ0v) is 10.7. The van der Waals surface area contributed by atoms with Crippen LogP contribution in [0.4, 0.5) is 0 Å². The molecule has 1 rings (SSSR count). The number of nitrogens with two attached hydrogens (primary N) is 1. The minimum Gasteiger partial charge on any atom is -0.359 e. The molecule has 1 saturated carbocycles. The summed E-state index contributed by atoms with van der Waals surface area (Å²) in [5, 5.41) is 2.68. The Kier molecular flexibility index (Phi) is 5.22. The lowest BCUT2D eigenvalue weighted by Crippen LogP contribution is -2.46. The van der Waals surface area contributed by atoms with Crippen molar-refractivity contribution in [1.29, 1.82) is 0 Å². The van der Waals surface area contributed by atoms with Crippen molar-refractivity contribution in [2.45, 2.75) is 45.2 Å². The summed E-state index contributed by atoms with van der Waals surface area (Å²) in [4.78, 5) is 13.9. The highest BCUT2D eigenvalue weighted by molar-refractivity contribution is 5.76. The molecule has 4 nitrogen and oxygen atoms in total. The summed E-state index contributed by atoms with van der Waals surface area (Å²) < 4.78 is 0. The number of hydrogen-bond acceptors (Lipinski definition) is 3. The molecular weight excluding hydrogens is 202 g/mol. The molecule has 0 aliphatic heterocycles. The van der Waals surface area contributed by atoms with E-state index in [4.69, 9.17) is 5.73 Å². The van der Waals surface area contributed by atoms with Crippen LogP contribution in [-0.2, 0) is 4.79 Å². The Morgan fingerprint density at radius 3 is 2.50 bits per heavy atom. The Morgan fingerprint density at radius 1 is 1.50 bits per heavy atom. The van der Waals surface area contributed by atoms with Crippen LogP contribution in [0.5, 0.6) is 0 Å². The third kappa shape index (κ3) is 4.10. The summed E-state index contributed by atoms with van der Waals surface area (Å²) in [5.74, 6) is 0.712. The van der Waals surface area contributed by atoms with E-state index in [0.717, 1.165) is 6.54 Å². The lowest BCUT2D eigenvalue weighted by molar-refractivity contribution is -0.121. The van der Waals surface area contributed by atoms with E-state index in [1.807, 2.05) is 0 Å². The Balaban J connectivity index is 2.54. The molecule has 1 amide bonds. The average Bonchev–Trinajstić information content (AvgIpc) is 3.06. The van der Waals surface area contributed by atoms with Gasteiger partial charge in [-0.15, -0.1) is 0 Å². The average molecular weight is 227 g/mol. The third-order valence-corrected chi connectivity index (χ3v) is 3.03. The molecule has 94 valence electrons. The second-order valence-electron chi connectivity index (χ2n) is 5.09. The largest absolute Gasteiger partial charge is 0.359 e. The van der Waals surface area contributed by atoms with Gasteiger partial charge in [-0.1, -0.05) is 13.8 Å². The quantitative estimate of drug-likeness (QED) is 0.668. The van der Waals surface area contributed by atoms with Crippen LogP contribution in [0.2, 0.25) is 0 Å². The first-order valence-electron chi connectivity index (χ1n) is 6.24. The smallest absolute Gasteiger partial charge is 0.221 e. The molecule has 0 spiro atoms. The second kappa shape index (κ2) is 6.21. The summed E-state index contributed by atoms with van der Waals surface area (Å²) in [5.41, 5.74) is 5.80. The van der Waals surface area contributed by atoms with Crippen LogP contribution >= 0.6 is 0 Å². The maximum atomic E-state index is 11.4. The zero-order chi connectivity index (χ0) is 12.1. The van der Waals surface area contributed by atoms with Crippen molar-refractivity contribution in [1.82, 2.24) is 10.2 Å². The van der Waals surface area contributed by atoms with Gasteiger partial charge in [0.25, 0.3) is 0 Å². The van der Waals surface area contributed by atoms with Gasteiger partial charge in [0.05, 0.1) is 0 Å². The SMILES string of the molecule is CNC(=O)CC(CN)N(CC(C)C)C1CC1. The maximum Gasteiger partial charge on any atom is 0.221 e. The summed E-state index contributed by atoms with van der Waals surface area (Å²) in [6.07, 6.45) is 3.05. The fourth-order valence-corrected chi connectivity index (χ4v) is 2.08. The third-order valence-electron chi connectivity index (χ3n) is 3.03. The van der Waals surface area contributed by atoms with Crippen LogP contribution in [0.15, 0.2) is 0 Å². The summed E-state index contributed by atoms with van der Waals surface area (Å²) in [6.45, 7) is 6.03. The van der Waals surface area contributed by atoms with Crippen molar-refractivity contribution in [3.8, 4) is 0 Å². The molecule has 16 heavy (non-hydrogen) atoms. The second-order valence-corrected chi connectivity index (χ2v) is 5.09. The van der Waals surface area contributed by atoms with Gasteiger partial charge < -0.3 is 11.1 Å². The molecule has 0 aromatic heterocycles. The number of carbonyl (C=O) groups excluding carboxylic acids is 1. The Hall–Kier alpha value is -0.610. The van der Waals surface area contributed by atoms with Crippen LogP contribution in [0.3, 0.4) is 0 Å². The van der Waals surface area contributed by atoms with Gasteiger partial charge in [-0.05, 0) is 18.8 Å². The first-order valence-corrected chi connectivity index (χ1v) is 6.24. The molecule has 0 bridgehead atoms. The molecule has 4 heteroatoms. The summed E-state index contributed by atoms with van der Waals surface area (Å²) in [7, 11) is 1.68. The lowest BCUT2D eigenvalue weighted by atomic mass is 10.1. The first kappa shape index (κ1) is 13.5. The minimum atomic E-state index is 0.0878. The predicted molar refractivity (Wildman–Crippen MR) is 66.1 cm³/mol. The molecule has 1 unspecified atom stereocenters. The van der Waals surface area contributed by atoms with Crippen LogP contribution in [0.1, 0.15) is 33.1 Å². The van der Waals surface area contributed by atoms with Gasteiger partial charge in [-0.25, -0.2) is 0 Å². The molecule has 0 radical (unpaired) electrons. The molecular formula is C12H25N3O.